The Hall–Kier alpha value is -4.22. The summed E-state index contributed by atoms with van der Waals surface area (Å²) in [6.45, 7) is 4.18. The molecule has 0 saturated carbocycles. The van der Waals surface area contributed by atoms with Crippen LogP contribution in [0.4, 0.5) is 13.2 Å². The van der Waals surface area contributed by atoms with Crippen molar-refractivity contribution < 1.29 is 32.7 Å². The summed E-state index contributed by atoms with van der Waals surface area (Å²) in [5.74, 6) is -2.16. The molecule has 3 aliphatic rings. The number of piperidine rings is 1. The highest BCUT2D eigenvalue weighted by Crippen LogP contribution is 2.44. The van der Waals surface area contributed by atoms with Gasteiger partial charge in [0.1, 0.15) is 29.5 Å². The highest BCUT2D eigenvalue weighted by atomic mass is 19.1. The van der Waals surface area contributed by atoms with Gasteiger partial charge in [0.2, 0.25) is 17.7 Å². The van der Waals surface area contributed by atoms with Gasteiger partial charge < -0.3 is 25.5 Å². The zero-order valence-corrected chi connectivity index (χ0v) is 29.0. The van der Waals surface area contributed by atoms with E-state index in [1.165, 1.54) is 41.3 Å². The van der Waals surface area contributed by atoms with Gasteiger partial charge in [-0.1, -0.05) is 49.7 Å². The fourth-order valence-electron chi connectivity index (χ4n) is 8.42. The molecule has 3 aromatic rings. The third-order valence-corrected chi connectivity index (χ3v) is 11.0. The zero-order valence-electron chi connectivity index (χ0n) is 29.0. The van der Waals surface area contributed by atoms with Gasteiger partial charge in [-0.15, -0.1) is 0 Å². The van der Waals surface area contributed by atoms with Crippen LogP contribution in [-0.2, 0) is 19.8 Å². The van der Waals surface area contributed by atoms with Crippen molar-refractivity contribution in [2.75, 3.05) is 26.2 Å². The number of aliphatic hydroxyl groups excluding tert-OH is 1. The van der Waals surface area contributed by atoms with Gasteiger partial charge >= 0.3 is 0 Å². The monoisotopic (exact) mass is 704 g/mol. The van der Waals surface area contributed by atoms with Crippen LogP contribution in [0.3, 0.4) is 0 Å². The Labute approximate surface area is 297 Å². The van der Waals surface area contributed by atoms with E-state index < -0.39 is 47.0 Å². The largest absolute Gasteiger partial charge is 0.391 e. The van der Waals surface area contributed by atoms with Crippen LogP contribution < -0.4 is 10.6 Å². The number of amides is 3. The Morgan fingerprint density at radius 1 is 0.824 bits per heavy atom. The number of hydrogen-bond donors (Lipinski definition) is 3. The molecule has 11 heteroatoms. The van der Waals surface area contributed by atoms with Gasteiger partial charge in [-0.3, -0.25) is 14.4 Å². The molecule has 3 saturated heterocycles. The third-order valence-electron chi connectivity index (χ3n) is 11.0. The average Bonchev–Trinajstić information content (AvgIpc) is 3.79. The molecule has 3 aliphatic heterocycles. The Kier molecular flexibility index (Phi) is 11.5. The Bertz CT molecular complexity index is 1550. The molecule has 0 aliphatic carbocycles. The van der Waals surface area contributed by atoms with Crippen LogP contribution in [0, 0.1) is 23.4 Å². The normalized spacial score (nSPS) is 21.9. The van der Waals surface area contributed by atoms with Crippen molar-refractivity contribution in [1.82, 2.24) is 20.4 Å². The van der Waals surface area contributed by atoms with Gasteiger partial charge in [0.25, 0.3) is 0 Å². The number of carbonyl (C=O) groups is 3. The van der Waals surface area contributed by atoms with Crippen molar-refractivity contribution in [3.63, 3.8) is 0 Å². The summed E-state index contributed by atoms with van der Waals surface area (Å²) in [6, 6.07) is 15.2. The quantitative estimate of drug-likeness (QED) is 0.242. The molecule has 3 N–H and O–H groups in total. The van der Waals surface area contributed by atoms with Crippen LogP contribution in [-0.4, -0.2) is 83.0 Å². The first-order valence-electron chi connectivity index (χ1n) is 18.2. The Morgan fingerprint density at radius 3 is 1.86 bits per heavy atom. The van der Waals surface area contributed by atoms with Crippen LogP contribution in [0.1, 0.15) is 75.0 Å². The van der Waals surface area contributed by atoms with Gasteiger partial charge in [-0.25, -0.2) is 13.2 Å². The minimum Gasteiger partial charge on any atom is -0.391 e. The Balaban J connectivity index is 1.29. The smallest absolute Gasteiger partial charge is 0.246 e. The van der Waals surface area contributed by atoms with Gasteiger partial charge in [0.15, 0.2) is 0 Å². The van der Waals surface area contributed by atoms with E-state index in [0.717, 1.165) is 38.8 Å². The fourth-order valence-corrected chi connectivity index (χ4v) is 8.42. The average molecular weight is 705 g/mol. The molecule has 51 heavy (non-hydrogen) atoms. The maximum atomic E-state index is 14.6. The summed E-state index contributed by atoms with van der Waals surface area (Å²) in [5, 5.41) is 17.5. The number of carbonyl (C=O) groups excluding carboxylic acids is 3. The number of aliphatic hydroxyl groups is 1. The van der Waals surface area contributed by atoms with E-state index in [2.05, 4.69) is 17.6 Å². The first-order valence-corrected chi connectivity index (χ1v) is 18.2. The number of halogens is 3. The van der Waals surface area contributed by atoms with E-state index in [0.29, 0.717) is 42.0 Å². The summed E-state index contributed by atoms with van der Waals surface area (Å²) in [6.07, 6.45) is 3.64. The highest BCUT2D eigenvalue weighted by molar-refractivity contribution is 5.93. The van der Waals surface area contributed by atoms with Crippen molar-refractivity contribution in [3.05, 3.63) is 107 Å². The molecular weight excluding hydrogens is 657 g/mol. The molecule has 272 valence electrons. The molecule has 0 spiro atoms. The summed E-state index contributed by atoms with van der Waals surface area (Å²) >= 11 is 0. The van der Waals surface area contributed by atoms with Crippen LogP contribution in [0.5, 0.6) is 0 Å². The lowest BCUT2D eigenvalue weighted by Crippen LogP contribution is -2.55. The zero-order chi connectivity index (χ0) is 36.1. The molecule has 6 rings (SSSR count). The summed E-state index contributed by atoms with van der Waals surface area (Å²) in [7, 11) is 0. The SMILES string of the molecule is CCCC(NC(=O)C1CCCN1C(=O)C1CC(O)CN1C(=O)CC(c1ccc(F)cc1)(c1ccc(F)cc1)c1ccc(F)cc1)C1CCNCC1. The topological polar surface area (TPSA) is 102 Å². The first-order chi connectivity index (χ1) is 24.6. The van der Waals surface area contributed by atoms with Crippen molar-refractivity contribution in [1.29, 1.82) is 0 Å². The lowest BCUT2D eigenvalue weighted by Gasteiger charge is -2.38. The van der Waals surface area contributed by atoms with Gasteiger partial charge in [-0.05, 0) is 104 Å². The second-order valence-electron chi connectivity index (χ2n) is 14.2. The first kappa shape index (κ1) is 36.6. The van der Waals surface area contributed by atoms with E-state index in [1.807, 2.05) is 0 Å². The lowest BCUT2D eigenvalue weighted by atomic mass is 9.67. The number of nitrogens with one attached hydrogen (secondary N) is 2. The molecule has 0 radical (unpaired) electrons. The second kappa shape index (κ2) is 16.0. The van der Waals surface area contributed by atoms with Crippen LogP contribution >= 0.6 is 0 Å². The number of β-amino-alcohol motifs (C(OH)–C–C–N with tert-alkyl or cyclic N) is 1. The number of likely N-dealkylation sites (tertiary alicyclic amines) is 2. The van der Waals surface area contributed by atoms with Crippen molar-refractivity contribution in [2.24, 2.45) is 5.92 Å². The predicted octanol–water partition coefficient (Wildman–Crippen LogP) is 5.07. The number of nitrogens with zero attached hydrogens (tertiary/aromatic N) is 2. The van der Waals surface area contributed by atoms with Crippen molar-refractivity contribution in [2.45, 2.75) is 87.9 Å². The molecule has 0 aromatic heterocycles. The maximum Gasteiger partial charge on any atom is 0.246 e. The molecule has 3 aromatic carbocycles. The van der Waals surface area contributed by atoms with E-state index in [4.69, 9.17) is 0 Å². The van der Waals surface area contributed by atoms with E-state index >= 15 is 0 Å². The van der Waals surface area contributed by atoms with E-state index in [9.17, 15) is 32.7 Å². The van der Waals surface area contributed by atoms with Crippen molar-refractivity contribution >= 4 is 17.7 Å². The molecular formula is C40H47F3N4O4. The molecule has 3 fully saturated rings. The molecule has 8 nitrogen and oxygen atoms in total. The van der Waals surface area contributed by atoms with Gasteiger partial charge in [-0.2, -0.15) is 0 Å². The molecule has 0 bridgehead atoms. The van der Waals surface area contributed by atoms with E-state index in [-0.39, 0.29) is 37.2 Å². The van der Waals surface area contributed by atoms with Crippen LogP contribution in [0.2, 0.25) is 0 Å². The van der Waals surface area contributed by atoms with Crippen molar-refractivity contribution in [3.8, 4) is 0 Å². The number of rotatable bonds is 11. The second-order valence-corrected chi connectivity index (χ2v) is 14.2. The highest BCUT2D eigenvalue weighted by Gasteiger charge is 2.47. The van der Waals surface area contributed by atoms with Crippen LogP contribution in [0.25, 0.3) is 0 Å². The molecule has 4 atom stereocenters. The van der Waals surface area contributed by atoms with Gasteiger partial charge in [0.05, 0.1) is 11.5 Å². The van der Waals surface area contributed by atoms with E-state index in [1.54, 1.807) is 41.3 Å². The minimum atomic E-state index is -1.34. The number of benzene rings is 3. The Morgan fingerprint density at radius 2 is 1.35 bits per heavy atom. The summed E-state index contributed by atoms with van der Waals surface area (Å²) < 4.78 is 42.7. The van der Waals surface area contributed by atoms with Crippen LogP contribution in [0.15, 0.2) is 72.8 Å². The molecule has 4 unspecified atom stereocenters. The predicted molar refractivity (Wildman–Crippen MR) is 187 cm³/mol. The molecule has 3 amide bonds. The third kappa shape index (κ3) is 7.84. The standard InChI is InChI=1S/C40H47F3N4O4/c1-2-4-34(26-18-20-44-21-19-26)45-38(50)35-5-3-22-46(35)39(51)36-23-33(48)25-47(36)37(49)24-40(27-6-12-30(41)13-7-27,28-8-14-31(42)15-9-28)29-10-16-32(43)17-11-29/h6-17,26,33-36,44,48H,2-5,18-25H2,1H3,(H,45,50). The maximum absolute atomic E-state index is 14.6. The summed E-state index contributed by atoms with van der Waals surface area (Å²) in [5.41, 5.74) is 0.172. The summed E-state index contributed by atoms with van der Waals surface area (Å²) in [4.78, 5) is 45.7. The minimum absolute atomic E-state index is 0.0135. The lowest BCUT2D eigenvalue weighted by molar-refractivity contribution is -0.147. The fraction of sp³-hybridized carbons (Fsp3) is 0.475. The number of hydrogen-bond acceptors (Lipinski definition) is 5. The van der Waals surface area contributed by atoms with Gasteiger partial charge in [0, 0.05) is 32.0 Å². The molecule has 3 heterocycles.